The van der Waals surface area contributed by atoms with Gasteiger partial charge >= 0.3 is 0 Å². The van der Waals surface area contributed by atoms with Crippen LogP contribution in [-0.2, 0) is 15.1 Å². The molecular formula is C16H20ClNO3. The highest BCUT2D eigenvalue weighted by molar-refractivity contribution is 6.27. The van der Waals surface area contributed by atoms with Crippen LogP contribution in [0.2, 0.25) is 0 Å². The summed E-state index contributed by atoms with van der Waals surface area (Å²) in [7, 11) is 0. The molecule has 1 aromatic rings. The molecule has 0 spiro atoms. The summed E-state index contributed by atoms with van der Waals surface area (Å²) >= 11 is 5.60. The molecular weight excluding hydrogens is 290 g/mol. The van der Waals surface area contributed by atoms with E-state index in [9.17, 15) is 9.59 Å². The topological polar surface area (TPSA) is 55.4 Å². The average Bonchev–Trinajstić information content (AvgIpc) is 2.50. The van der Waals surface area contributed by atoms with Crippen molar-refractivity contribution in [1.29, 1.82) is 0 Å². The lowest BCUT2D eigenvalue weighted by Crippen LogP contribution is -2.53. The van der Waals surface area contributed by atoms with Crippen LogP contribution in [0.5, 0.6) is 5.75 Å². The second kappa shape index (κ2) is 6.94. The highest BCUT2D eigenvalue weighted by Crippen LogP contribution is 2.36. The van der Waals surface area contributed by atoms with Gasteiger partial charge in [0.05, 0.1) is 6.61 Å². The van der Waals surface area contributed by atoms with Crippen molar-refractivity contribution in [2.24, 2.45) is 0 Å². The van der Waals surface area contributed by atoms with E-state index in [2.05, 4.69) is 5.32 Å². The summed E-state index contributed by atoms with van der Waals surface area (Å²) in [6.45, 7) is 2.46. The number of nitrogens with one attached hydrogen (secondary N) is 1. The van der Waals surface area contributed by atoms with E-state index >= 15 is 0 Å². The van der Waals surface area contributed by atoms with Crippen molar-refractivity contribution in [1.82, 2.24) is 5.32 Å². The number of benzene rings is 1. The highest BCUT2D eigenvalue weighted by Gasteiger charge is 2.42. The van der Waals surface area contributed by atoms with E-state index in [4.69, 9.17) is 16.3 Å². The Kier molecular flexibility index (Phi) is 5.23. The van der Waals surface area contributed by atoms with E-state index in [1.54, 1.807) is 0 Å². The summed E-state index contributed by atoms with van der Waals surface area (Å²) in [5.41, 5.74) is -0.186. The van der Waals surface area contributed by atoms with Crippen LogP contribution in [0, 0.1) is 0 Å². The van der Waals surface area contributed by atoms with E-state index in [1.807, 2.05) is 31.2 Å². The molecule has 5 heteroatoms. The van der Waals surface area contributed by atoms with Gasteiger partial charge in [-0.15, -0.1) is 11.6 Å². The lowest BCUT2D eigenvalue weighted by atomic mass is 9.75. The Labute approximate surface area is 129 Å². The maximum Gasteiger partial charge on any atom is 0.235 e. The summed E-state index contributed by atoms with van der Waals surface area (Å²) < 4.78 is 5.50. The van der Waals surface area contributed by atoms with Crippen LogP contribution in [0.25, 0.3) is 0 Å². The Morgan fingerprint density at radius 2 is 2.24 bits per heavy atom. The standard InChI is InChI=1S/C16H20ClNO3/c1-2-21-13-7-5-6-12(10-13)16(18-15(20)11-17)9-4-3-8-14(16)19/h5-7,10H,2-4,8-9,11H2,1H3,(H,18,20). The van der Waals surface area contributed by atoms with Gasteiger partial charge in [-0.1, -0.05) is 12.1 Å². The van der Waals surface area contributed by atoms with Crippen LogP contribution in [0.1, 0.15) is 38.2 Å². The first-order valence-corrected chi connectivity index (χ1v) is 7.79. The van der Waals surface area contributed by atoms with E-state index in [0.29, 0.717) is 25.2 Å². The maximum atomic E-state index is 12.5. The fourth-order valence-electron chi connectivity index (χ4n) is 2.83. The van der Waals surface area contributed by atoms with Gasteiger partial charge in [-0.2, -0.15) is 0 Å². The zero-order valence-corrected chi connectivity index (χ0v) is 12.9. The maximum absolute atomic E-state index is 12.5. The smallest absolute Gasteiger partial charge is 0.235 e. The second-order valence-corrected chi connectivity index (χ2v) is 5.45. The number of amides is 1. The van der Waals surface area contributed by atoms with Crippen LogP contribution in [0.3, 0.4) is 0 Å². The van der Waals surface area contributed by atoms with E-state index < -0.39 is 5.54 Å². The molecule has 1 aliphatic carbocycles. The van der Waals surface area contributed by atoms with Crippen LogP contribution < -0.4 is 10.1 Å². The third-order valence-electron chi connectivity index (χ3n) is 3.79. The molecule has 0 heterocycles. The Bertz CT molecular complexity index is 532. The molecule has 1 atom stereocenters. The van der Waals surface area contributed by atoms with E-state index in [-0.39, 0.29) is 17.6 Å². The molecule has 1 unspecified atom stereocenters. The average molecular weight is 310 g/mol. The van der Waals surface area contributed by atoms with Crippen LogP contribution >= 0.6 is 11.6 Å². The number of rotatable bonds is 5. The van der Waals surface area contributed by atoms with Gasteiger partial charge in [0, 0.05) is 6.42 Å². The largest absolute Gasteiger partial charge is 0.494 e. The monoisotopic (exact) mass is 309 g/mol. The van der Waals surface area contributed by atoms with Gasteiger partial charge in [0.2, 0.25) is 5.91 Å². The minimum Gasteiger partial charge on any atom is -0.494 e. The van der Waals surface area contributed by atoms with Gasteiger partial charge in [0.25, 0.3) is 0 Å². The quantitative estimate of drug-likeness (QED) is 0.851. The van der Waals surface area contributed by atoms with Gasteiger partial charge in [-0.25, -0.2) is 0 Å². The highest BCUT2D eigenvalue weighted by atomic mass is 35.5. The van der Waals surface area contributed by atoms with Crippen LogP contribution in [0.15, 0.2) is 24.3 Å². The summed E-state index contributed by atoms with van der Waals surface area (Å²) in [4.78, 5) is 24.3. The number of Topliss-reactive ketones (excluding diaryl/α,β-unsaturated/α-hetero) is 1. The van der Waals surface area contributed by atoms with Crippen LogP contribution in [-0.4, -0.2) is 24.2 Å². The fraction of sp³-hybridized carbons (Fsp3) is 0.500. The minimum atomic E-state index is -0.961. The summed E-state index contributed by atoms with van der Waals surface area (Å²) in [5, 5.41) is 2.84. The number of halogens is 1. The molecule has 114 valence electrons. The molecule has 1 N–H and O–H groups in total. The molecule has 0 bridgehead atoms. The molecule has 0 radical (unpaired) electrons. The molecule has 2 rings (SSSR count). The van der Waals surface area contributed by atoms with Gasteiger partial charge < -0.3 is 10.1 Å². The predicted molar refractivity (Wildman–Crippen MR) is 81.6 cm³/mol. The number of ketones is 1. The molecule has 1 aromatic carbocycles. The van der Waals surface area contributed by atoms with Gasteiger partial charge in [0.15, 0.2) is 5.78 Å². The third kappa shape index (κ3) is 3.38. The predicted octanol–water partition coefficient (Wildman–Crippen LogP) is 2.78. The van der Waals surface area contributed by atoms with Gasteiger partial charge in [-0.3, -0.25) is 9.59 Å². The Morgan fingerprint density at radius 3 is 2.90 bits per heavy atom. The van der Waals surface area contributed by atoms with Crippen molar-refractivity contribution in [3.63, 3.8) is 0 Å². The lowest BCUT2D eigenvalue weighted by molar-refractivity contribution is -0.133. The fourth-order valence-corrected chi connectivity index (χ4v) is 2.89. The Hall–Kier alpha value is -1.55. The minimum absolute atomic E-state index is 0.0425. The van der Waals surface area contributed by atoms with Gasteiger partial charge in [-0.05, 0) is 43.9 Å². The lowest BCUT2D eigenvalue weighted by Gasteiger charge is -2.37. The molecule has 1 amide bonds. The molecule has 0 saturated heterocycles. The second-order valence-electron chi connectivity index (χ2n) is 5.18. The number of alkyl halides is 1. The number of ether oxygens (including phenoxy) is 1. The molecule has 1 fully saturated rings. The summed E-state index contributed by atoms with van der Waals surface area (Å²) in [6, 6.07) is 7.38. The van der Waals surface area contributed by atoms with Crippen LogP contribution in [0.4, 0.5) is 0 Å². The Morgan fingerprint density at radius 1 is 1.43 bits per heavy atom. The molecule has 1 aliphatic rings. The van der Waals surface area contributed by atoms with Crippen molar-refractivity contribution >= 4 is 23.3 Å². The molecule has 4 nitrogen and oxygen atoms in total. The van der Waals surface area contributed by atoms with Crippen molar-refractivity contribution in [2.45, 2.75) is 38.1 Å². The summed E-state index contributed by atoms with van der Waals surface area (Å²) in [5.74, 6) is 0.266. The van der Waals surface area contributed by atoms with Crippen molar-refractivity contribution < 1.29 is 14.3 Å². The third-order valence-corrected chi connectivity index (χ3v) is 4.04. The SMILES string of the molecule is CCOc1cccc(C2(NC(=O)CCl)CCCCC2=O)c1. The van der Waals surface area contributed by atoms with E-state index in [1.165, 1.54) is 0 Å². The van der Waals surface area contributed by atoms with Crippen molar-refractivity contribution in [3.05, 3.63) is 29.8 Å². The number of hydrogen-bond donors (Lipinski definition) is 1. The van der Waals surface area contributed by atoms with Crippen molar-refractivity contribution in [3.8, 4) is 5.75 Å². The summed E-state index contributed by atoms with van der Waals surface area (Å²) in [6.07, 6.45) is 2.83. The first-order chi connectivity index (χ1) is 10.1. The first kappa shape index (κ1) is 15.8. The zero-order valence-electron chi connectivity index (χ0n) is 12.2. The Balaban J connectivity index is 2.41. The molecule has 21 heavy (non-hydrogen) atoms. The number of carbonyl (C=O) groups is 2. The molecule has 1 saturated carbocycles. The first-order valence-electron chi connectivity index (χ1n) is 7.26. The van der Waals surface area contributed by atoms with E-state index in [0.717, 1.165) is 18.4 Å². The van der Waals surface area contributed by atoms with Gasteiger partial charge in [0.1, 0.15) is 17.2 Å². The van der Waals surface area contributed by atoms with Crippen molar-refractivity contribution in [2.75, 3.05) is 12.5 Å². The molecule has 0 aliphatic heterocycles. The number of carbonyl (C=O) groups excluding carboxylic acids is 2. The zero-order chi connectivity index (χ0) is 15.3. The number of hydrogen-bond acceptors (Lipinski definition) is 3. The normalized spacial score (nSPS) is 21.9. The molecule has 0 aromatic heterocycles.